The van der Waals surface area contributed by atoms with E-state index >= 15 is 0 Å². The Morgan fingerprint density at radius 1 is 1.42 bits per heavy atom. The fraction of sp³-hybridized carbons (Fsp3) is 0.533. The molecule has 0 aromatic heterocycles. The number of ketones is 1. The second-order valence-corrected chi connectivity index (χ2v) is 5.34. The van der Waals surface area contributed by atoms with Crippen molar-refractivity contribution in [3.8, 4) is 0 Å². The number of rotatable bonds is 4. The number of aliphatic hydroxyl groups excluding tert-OH is 1. The fourth-order valence-corrected chi connectivity index (χ4v) is 2.80. The highest BCUT2D eigenvalue weighted by atomic mass is 16.3. The molecule has 0 saturated heterocycles. The van der Waals surface area contributed by atoms with Gasteiger partial charge in [0.2, 0.25) is 0 Å². The van der Waals surface area contributed by atoms with Crippen molar-refractivity contribution in [2.75, 3.05) is 17.7 Å². The van der Waals surface area contributed by atoms with Crippen LogP contribution in [0.1, 0.15) is 43.0 Å². The Hall–Kier alpha value is -1.55. The molecule has 0 aliphatic heterocycles. The number of benzene rings is 1. The van der Waals surface area contributed by atoms with Gasteiger partial charge < -0.3 is 16.2 Å². The van der Waals surface area contributed by atoms with Crippen molar-refractivity contribution in [2.24, 2.45) is 5.92 Å². The second-order valence-electron chi connectivity index (χ2n) is 5.34. The topological polar surface area (TPSA) is 75.3 Å². The number of aliphatic hydroxyl groups is 1. The van der Waals surface area contributed by atoms with Crippen molar-refractivity contribution in [3.63, 3.8) is 0 Å². The second kappa shape index (κ2) is 6.06. The quantitative estimate of drug-likeness (QED) is 0.575. The predicted octanol–water partition coefficient (Wildman–Crippen LogP) is 2.43. The van der Waals surface area contributed by atoms with Gasteiger partial charge in [0.25, 0.3) is 0 Å². The summed E-state index contributed by atoms with van der Waals surface area (Å²) < 4.78 is 0. The van der Waals surface area contributed by atoms with Crippen LogP contribution < -0.4 is 11.1 Å². The molecule has 0 amide bonds. The van der Waals surface area contributed by atoms with Gasteiger partial charge >= 0.3 is 0 Å². The average molecular weight is 262 g/mol. The summed E-state index contributed by atoms with van der Waals surface area (Å²) in [4.78, 5) is 11.3. The number of carbonyl (C=O) groups excluding carboxylic acids is 1. The zero-order chi connectivity index (χ0) is 13.8. The molecular formula is C15H22N2O2. The van der Waals surface area contributed by atoms with E-state index in [2.05, 4.69) is 5.32 Å². The Labute approximate surface area is 114 Å². The van der Waals surface area contributed by atoms with Crippen molar-refractivity contribution < 1.29 is 9.90 Å². The highest BCUT2D eigenvalue weighted by Gasteiger charge is 2.24. The lowest BCUT2D eigenvalue weighted by molar-refractivity contribution is 0.101. The number of nitrogen functional groups attached to an aromatic ring is 1. The lowest BCUT2D eigenvalue weighted by Crippen LogP contribution is -2.34. The lowest BCUT2D eigenvalue weighted by atomic mass is 9.85. The normalized spacial score (nSPS) is 23.1. The Bertz CT molecular complexity index is 459. The van der Waals surface area contributed by atoms with E-state index in [1.807, 2.05) is 6.07 Å². The van der Waals surface area contributed by atoms with Gasteiger partial charge in [0.05, 0.1) is 0 Å². The minimum Gasteiger partial charge on any atom is -0.398 e. The van der Waals surface area contributed by atoms with Gasteiger partial charge in [-0.25, -0.2) is 0 Å². The maximum atomic E-state index is 11.3. The van der Waals surface area contributed by atoms with Gasteiger partial charge in [0.1, 0.15) is 0 Å². The minimum atomic E-state index is -0.0186. The van der Waals surface area contributed by atoms with Crippen LogP contribution in [-0.4, -0.2) is 23.5 Å². The van der Waals surface area contributed by atoms with E-state index in [-0.39, 0.29) is 12.4 Å². The molecule has 1 aromatic rings. The van der Waals surface area contributed by atoms with Gasteiger partial charge in [-0.2, -0.15) is 0 Å². The van der Waals surface area contributed by atoms with E-state index in [1.54, 1.807) is 12.1 Å². The van der Waals surface area contributed by atoms with Crippen molar-refractivity contribution in [1.82, 2.24) is 0 Å². The van der Waals surface area contributed by atoms with E-state index in [0.29, 0.717) is 23.2 Å². The molecule has 0 radical (unpaired) electrons. The van der Waals surface area contributed by atoms with E-state index in [1.165, 1.54) is 19.8 Å². The molecule has 1 aromatic carbocycles. The van der Waals surface area contributed by atoms with Crippen molar-refractivity contribution >= 4 is 17.2 Å². The highest BCUT2D eigenvalue weighted by molar-refractivity contribution is 5.99. The van der Waals surface area contributed by atoms with E-state index in [0.717, 1.165) is 18.5 Å². The van der Waals surface area contributed by atoms with Gasteiger partial charge in [0, 0.05) is 35.5 Å². The first-order valence-corrected chi connectivity index (χ1v) is 6.89. The van der Waals surface area contributed by atoms with Crippen LogP contribution >= 0.6 is 0 Å². The molecule has 1 aliphatic rings. The third-order valence-electron chi connectivity index (χ3n) is 3.93. The predicted molar refractivity (Wildman–Crippen MR) is 77.3 cm³/mol. The number of hydrogen-bond acceptors (Lipinski definition) is 4. The molecule has 2 rings (SSSR count). The Morgan fingerprint density at radius 2 is 2.16 bits per heavy atom. The van der Waals surface area contributed by atoms with Crippen LogP contribution in [0.15, 0.2) is 18.2 Å². The molecule has 1 aliphatic carbocycles. The summed E-state index contributed by atoms with van der Waals surface area (Å²) in [6.45, 7) is 1.74. The molecule has 4 N–H and O–H groups in total. The summed E-state index contributed by atoms with van der Waals surface area (Å²) in [6, 6.07) is 5.74. The summed E-state index contributed by atoms with van der Waals surface area (Å²) >= 11 is 0. The van der Waals surface area contributed by atoms with Gasteiger partial charge in [-0.1, -0.05) is 12.8 Å². The van der Waals surface area contributed by atoms with Crippen LogP contribution in [0.5, 0.6) is 0 Å². The van der Waals surface area contributed by atoms with E-state index in [4.69, 9.17) is 5.73 Å². The number of nitrogens with one attached hydrogen (secondary N) is 1. The SMILES string of the molecule is CC(=O)c1ccc(NC2CCCCC2CO)cc1N. The van der Waals surface area contributed by atoms with Crippen LogP contribution in [0, 0.1) is 5.92 Å². The maximum Gasteiger partial charge on any atom is 0.161 e. The molecule has 0 spiro atoms. The molecule has 4 heteroatoms. The third kappa shape index (κ3) is 3.26. The fourth-order valence-electron chi connectivity index (χ4n) is 2.80. The van der Waals surface area contributed by atoms with Crippen LogP contribution in [-0.2, 0) is 0 Å². The van der Waals surface area contributed by atoms with Crippen LogP contribution in [0.4, 0.5) is 11.4 Å². The van der Waals surface area contributed by atoms with Gasteiger partial charge in [-0.05, 0) is 38.0 Å². The molecule has 1 fully saturated rings. The van der Waals surface area contributed by atoms with Gasteiger partial charge in [-0.3, -0.25) is 4.79 Å². The zero-order valence-electron chi connectivity index (χ0n) is 11.4. The highest BCUT2D eigenvalue weighted by Crippen LogP contribution is 2.28. The lowest BCUT2D eigenvalue weighted by Gasteiger charge is -2.31. The summed E-state index contributed by atoms with van der Waals surface area (Å²) in [5.41, 5.74) is 7.88. The first-order chi connectivity index (χ1) is 9.11. The Morgan fingerprint density at radius 3 is 2.79 bits per heavy atom. The molecule has 0 heterocycles. The third-order valence-corrected chi connectivity index (χ3v) is 3.93. The van der Waals surface area contributed by atoms with Gasteiger partial charge in [0.15, 0.2) is 5.78 Å². The average Bonchev–Trinajstić information content (AvgIpc) is 2.39. The largest absolute Gasteiger partial charge is 0.398 e. The van der Waals surface area contributed by atoms with E-state index in [9.17, 15) is 9.90 Å². The monoisotopic (exact) mass is 262 g/mol. The summed E-state index contributed by atoms with van der Waals surface area (Å²) in [5.74, 6) is 0.289. The number of Topliss-reactive ketones (excluding diaryl/α,β-unsaturated/α-hetero) is 1. The molecule has 19 heavy (non-hydrogen) atoms. The molecule has 1 saturated carbocycles. The van der Waals surface area contributed by atoms with Crippen molar-refractivity contribution in [2.45, 2.75) is 38.6 Å². The number of anilines is 2. The van der Waals surface area contributed by atoms with Gasteiger partial charge in [-0.15, -0.1) is 0 Å². The first-order valence-electron chi connectivity index (χ1n) is 6.89. The van der Waals surface area contributed by atoms with Crippen molar-refractivity contribution in [3.05, 3.63) is 23.8 Å². The van der Waals surface area contributed by atoms with Crippen LogP contribution in [0.3, 0.4) is 0 Å². The summed E-state index contributed by atoms with van der Waals surface area (Å²) in [7, 11) is 0. The Kier molecular flexibility index (Phi) is 4.43. The van der Waals surface area contributed by atoms with Crippen LogP contribution in [0.25, 0.3) is 0 Å². The first kappa shape index (κ1) is 13.9. The zero-order valence-corrected chi connectivity index (χ0v) is 11.4. The number of carbonyl (C=O) groups is 1. The number of hydrogen-bond donors (Lipinski definition) is 3. The molecule has 104 valence electrons. The standard InChI is InChI=1S/C15H22N2O2/c1-10(19)13-7-6-12(8-14(13)16)17-15-5-3-2-4-11(15)9-18/h6-8,11,15,17-18H,2-5,9,16H2,1H3. The molecular weight excluding hydrogens is 240 g/mol. The van der Waals surface area contributed by atoms with E-state index < -0.39 is 0 Å². The Balaban J connectivity index is 2.10. The molecule has 2 unspecified atom stereocenters. The molecule has 0 bridgehead atoms. The summed E-state index contributed by atoms with van der Waals surface area (Å²) in [5, 5.41) is 12.8. The summed E-state index contributed by atoms with van der Waals surface area (Å²) in [6.07, 6.45) is 4.51. The maximum absolute atomic E-state index is 11.3. The minimum absolute atomic E-state index is 0.0186. The van der Waals surface area contributed by atoms with Crippen LogP contribution in [0.2, 0.25) is 0 Å². The van der Waals surface area contributed by atoms with Crippen molar-refractivity contribution in [1.29, 1.82) is 0 Å². The molecule has 2 atom stereocenters. The number of nitrogens with two attached hydrogens (primary N) is 1. The smallest absolute Gasteiger partial charge is 0.161 e. The molecule has 4 nitrogen and oxygen atoms in total.